The van der Waals surface area contributed by atoms with E-state index in [1.807, 2.05) is 0 Å². The first-order valence-electron chi connectivity index (χ1n) is 5.41. The highest BCUT2D eigenvalue weighted by molar-refractivity contribution is 7.09. The van der Waals surface area contributed by atoms with Gasteiger partial charge < -0.3 is 10.4 Å². The van der Waals surface area contributed by atoms with Gasteiger partial charge in [0.1, 0.15) is 5.82 Å². The molecule has 1 saturated carbocycles. The van der Waals surface area contributed by atoms with Crippen LogP contribution in [0.5, 0.6) is 0 Å². The second-order valence-electron chi connectivity index (χ2n) is 4.41. The molecule has 1 heterocycles. The normalized spacial score (nSPS) is 18.1. The van der Waals surface area contributed by atoms with Crippen LogP contribution < -0.4 is 5.32 Å². The van der Waals surface area contributed by atoms with Crippen molar-refractivity contribution in [2.45, 2.75) is 38.6 Å². The topological polar surface area (TPSA) is 58.0 Å². The van der Waals surface area contributed by atoms with Crippen molar-refractivity contribution >= 4 is 16.7 Å². The summed E-state index contributed by atoms with van der Waals surface area (Å²) in [5, 5.41) is 13.2. The van der Waals surface area contributed by atoms with Crippen LogP contribution in [-0.2, 0) is 0 Å². The van der Waals surface area contributed by atoms with E-state index in [1.165, 1.54) is 24.4 Å². The molecular formula is C10H17N3OS. The summed E-state index contributed by atoms with van der Waals surface area (Å²) in [5.41, 5.74) is 0. The lowest BCUT2D eigenvalue weighted by Gasteiger charge is -2.18. The summed E-state index contributed by atoms with van der Waals surface area (Å²) in [6.45, 7) is 4.30. The molecule has 1 aromatic heterocycles. The molecule has 0 amide bonds. The monoisotopic (exact) mass is 227 g/mol. The van der Waals surface area contributed by atoms with Crippen molar-refractivity contribution in [2.24, 2.45) is 5.92 Å². The van der Waals surface area contributed by atoms with Crippen LogP contribution in [0.1, 0.15) is 38.4 Å². The molecule has 4 nitrogen and oxygen atoms in total. The van der Waals surface area contributed by atoms with E-state index >= 15 is 0 Å². The molecule has 1 fully saturated rings. The summed E-state index contributed by atoms with van der Waals surface area (Å²) in [6, 6.07) is 0.0741. The maximum absolute atomic E-state index is 9.18. The van der Waals surface area contributed by atoms with Crippen LogP contribution >= 0.6 is 11.5 Å². The molecule has 2 rings (SSSR count). The van der Waals surface area contributed by atoms with Gasteiger partial charge in [-0.1, -0.05) is 13.8 Å². The Morgan fingerprint density at radius 1 is 1.53 bits per heavy atom. The summed E-state index contributed by atoms with van der Waals surface area (Å²) in [5.74, 6) is 1.97. The van der Waals surface area contributed by atoms with Gasteiger partial charge in [-0.25, -0.2) is 4.98 Å². The average molecular weight is 227 g/mol. The Morgan fingerprint density at radius 2 is 2.27 bits per heavy atom. The van der Waals surface area contributed by atoms with Crippen molar-refractivity contribution in [3.05, 3.63) is 5.82 Å². The molecule has 5 heteroatoms. The Balaban J connectivity index is 1.96. The molecule has 0 aromatic carbocycles. The Bertz CT molecular complexity index is 322. The van der Waals surface area contributed by atoms with Crippen LogP contribution in [0.4, 0.5) is 5.13 Å². The third kappa shape index (κ3) is 2.66. The van der Waals surface area contributed by atoms with Gasteiger partial charge in [0.2, 0.25) is 5.13 Å². The molecule has 0 bridgehead atoms. The molecule has 15 heavy (non-hydrogen) atoms. The number of rotatable bonds is 5. The summed E-state index contributed by atoms with van der Waals surface area (Å²) in [7, 11) is 0. The van der Waals surface area contributed by atoms with E-state index in [4.69, 9.17) is 0 Å². The van der Waals surface area contributed by atoms with Crippen LogP contribution in [0.15, 0.2) is 0 Å². The lowest BCUT2D eigenvalue weighted by atomic mass is 10.1. The number of nitrogens with zero attached hydrogens (tertiary/aromatic N) is 2. The van der Waals surface area contributed by atoms with Gasteiger partial charge in [-0.05, 0) is 18.8 Å². The minimum absolute atomic E-state index is 0.0741. The highest BCUT2D eigenvalue weighted by Gasteiger charge is 2.28. The Labute approximate surface area is 93.9 Å². The van der Waals surface area contributed by atoms with E-state index in [1.54, 1.807) is 0 Å². The summed E-state index contributed by atoms with van der Waals surface area (Å²) < 4.78 is 4.31. The van der Waals surface area contributed by atoms with Crippen molar-refractivity contribution in [1.82, 2.24) is 9.36 Å². The second-order valence-corrected chi connectivity index (χ2v) is 5.16. The Kier molecular flexibility index (Phi) is 3.21. The zero-order chi connectivity index (χ0) is 10.8. The third-order valence-corrected chi connectivity index (χ3v) is 3.35. The standard InChI is InChI=1S/C10H17N3OS/c1-6(2)8(5-14)11-10-12-9(13-15-10)7-3-4-7/h6-8,14H,3-5H2,1-2H3,(H,11,12,13)/t8-/m1/s1. The number of aliphatic hydroxyl groups is 1. The van der Waals surface area contributed by atoms with Crippen LogP contribution in [-0.4, -0.2) is 27.1 Å². The third-order valence-electron chi connectivity index (χ3n) is 2.69. The fourth-order valence-electron chi connectivity index (χ4n) is 1.38. The van der Waals surface area contributed by atoms with Crippen molar-refractivity contribution in [2.75, 3.05) is 11.9 Å². The molecule has 84 valence electrons. The zero-order valence-electron chi connectivity index (χ0n) is 9.10. The molecule has 1 aliphatic rings. The minimum Gasteiger partial charge on any atom is -0.394 e. The van der Waals surface area contributed by atoms with Gasteiger partial charge in [0.25, 0.3) is 0 Å². The van der Waals surface area contributed by atoms with Crippen molar-refractivity contribution < 1.29 is 5.11 Å². The fourth-order valence-corrected chi connectivity index (χ4v) is 2.09. The molecule has 2 N–H and O–H groups in total. The number of nitrogens with one attached hydrogen (secondary N) is 1. The van der Waals surface area contributed by atoms with Crippen molar-refractivity contribution in [3.8, 4) is 0 Å². The first kappa shape index (κ1) is 10.8. The van der Waals surface area contributed by atoms with E-state index in [0.717, 1.165) is 11.0 Å². The summed E-state index contributed by atoms with van der Waals surface area (Å²) in [4.78, 5) is 4.43. The van der Waals surface area contributed by atoms with Gasteiger partial charge >= 0.3 is 0 Å². The predicted octanol–water partition coefficient (Wildman–Crippen LogP) is 1.84. The van der Waals surface area contributed by atoms with Gasteiger partial charge in [-0.15, -0.1) is 0 Å². The summed E-state index contributed by atoms with van der Waals surface area (Å²) >= 11 is 1.40. The lowest BCUT2D eigenvalue weighted by Crippen LogP contribution is -2.29. The quantitative estimate of drug-likeness (QED) is 0.806. The molecular weight excluding hydrogens is 210 g/mol. The molecule has 0 unspecified atom stereocenters. The molecule has 1 atom stereocenters. The molecule has 0 radical (unpaired) electrons. The fraction of sp³-hybridized carbons (Fsp3) is 0.800. The number of anilines is 1. The van der Waals surface area contributed by atoms with E-state index in [2.05, 4.69) is 28.5 Å². The largest absolute Gasteiger partial charge is 0.394 e. The number of aromatic nitrogens is 2. The van der Waals surface area contributed by atoms with Crippen molar-refractivity contribution in [3.63, 3.8) is 0 Å². The minimum atomic E-state index is 0.0741. The zero-order valence-corrected chi connectivity index (χ0v) is 9.92. The molecule has 0 aliphatic heterocycles. The number of aliphatic hydroxyl groups excluding tert-OH is 1. The van der Waals surface area contributed by atoms with Gasteiger partial charge in [-0.3, -0.25) is 0 Å². The van der Waals surface area contributed by atoms with Gasteiger partial charge in [0.15, 0.2) is 0 Å². The van der Waals surface area contributed by atoms with E-state index in [-0.39, 0.29) is 12.6 Å². The molecule has 0 spiro atoms. The van der Waals surface area contributed by atoms with E-state index in [9.17, 15) is 5.11 Å². The van der Waals surface area contributed by atoms with Gasteiger partial charge in [-0.2, -0.15) is 4.37 Å². The molecule has 0 saturated heterocycles. The first-order chi connectivity index (χ1) is 7.20. The molecule has 1 aliphatic carbocycles. The maximum atomic E-state index is 9.18. The van der Waals surface area contributed by atoms with Crippen LogP contribution in [0, 0.1) is 5.92 Å². The van der Waals surface area contributed by atoms with Crippen LogP contribution in [0.2, 0.25) is 0 Å². The molecule has 1 aromatic rings. The lowest BCUT2D eigenvalue weighted by molar-refractivity contribution is 0.249. The predicted molar refractivity (Wildman–Crippen MR) is 61.2 cm³/mol. The Morgan fingerprint density at radius 3 is 2.80 bits per heavy atom. The Hall–Kier alpha value is -0.680. The van der Waals surface area contributed by atoms with Crippen LogP contribution in [0.3, 0.4) is 0 Å². The average Bonchev–Trinajstić information content (AvgIpc) is 2.95. The first-order valence-corrected chi connectivity index (χ1v) is 6.19. The number of hydrogen-bond donors (Lipinski definition) is 2. The SMILES string of the molecule is CC(C)[C@@H](CO)Nc1nc(C2CC2)ns1. The number of hydrogen-bond acceptors (Lipinski definition) is 5. The van der Waals surface area contributed by atoms with E-state index < -0.39 is 0 Å². The highest BCUT2D eigenvalue weighted by atomic mass is 32.1. The van der Waals surface area contributed by atoms with Crippen LogP contribution in [0.25, 0.3) is 0 Å². The highest BCUT2D eigenvalue weighted by Crippen LogP contribution is 2.39. The van der Waals surface area contributed by atoms with E-state index in [0.29, 0.717) is 11.8 Å². The van der Waals surface area contributed by atoms with Gasteiger partial charge in [0.05, 0.1) is 12.6 Å². The second kappa shape index (κ2) is 4.45. The van der Waals surface area contributed by atoms with Gasteiger partial charge in [0, 0.05) is 17.5 Å². The maximum Gasteiger partial charge on any atom is 0.202 e. The smallest absolute Gasteiger partial charge is 0.202 e. The van der Waals surface area contributed by atoms with Crippen molar-refractivity contribution in [1.29, 1.82) is 0 Å². The summed E-state index contributed by atoms with van der Waals surface area (Å²) in [6.07, 6.45) is 2.45.